The van der Waals surface area contributed by atoms with Gasteiger partial charge in [0.25, 0.3) is 0 Å². The molecule has 0 N–H and O–H groups in total. The fraction of sp³-hybridized carbons (Fsp3) is 0.111. The van der Waals surface area contributed by atoms with Gasteiger partial charge in [0, 0.05) is 17.5 Å². The summed E-state index contributed by atoms with van der Waals surface area (Å²) < 4.78 is 44.4. The van der Waals surface area contributed by atoms with Gasteiger partial charge in [0.2, 0.25) is 0 Å². The van der Waals surface area contributed by atoms with E-state index in [0.29, 0.717) is 5.39 Å². The Labute approximate surface area is 87.2 Å². The number of fused-ring (bicyclic) bond motifs is 1. The molecule has 0 aliphatic carbocycles. The molecule has 0 saturated heterocycles. The van der Waals surface area contributed by atoms with Gasteiger partial charge >= 0.3 is 6.36 Å². The summed E-state index contributed by atoms with van der Waals surface area (Å²) >= 11 is 5.58. The zero-order valence-electron chi connectivity index (χ0n) is 7.06. The average molecular weight is 236 g/mol. The second-order valence-corrected chi connectivity index (χ2v) is 3.11. The van der Waals surface area contributed by atoms with Crippen LogP contribution in [0.25, 0.3) is 11.0 Å². The summed E-state index contributed by atoms with van der Waals surface area (Å²) in [6.45, 7) is 0. The lowest BCUT2D eigenvalue weighted by Gasteiger charge is -2.09. The Kier molecular flexibility index (Phi) is 2.26. The number of hydrogen-bond donors (Lipinski definition) is 0. The molecule has 0 atom stereocenters. The fourth-order valence-corrected chi connectivity index (χ4v) is 1.31. The molecule has 2 rings (SSSR count). The van der Waals surface area contributed by atoms with E-state index in [-0.39, 0.29) is 10.6 Å². The van der Waals surface area contributed by atoms with Crippen LogP contribution in [0.15, 0.2) is 22.8 Å². The molecule has 0 aliphatic heterocycles. The van der Waals surface area contributed by atoms with Crippen LogP contribution < -0.4 is 4.74 Å². The summed E-state index contributed by atoms with van der Waals surface area (Å²) in [5.74, 6) is -0.486. The highest BCUT2D eigenvalue weighted by molar-refractivity contribution is 6.32. The monoisotopic (exact) mass is 235 g/mol. The quantitative estimate of drug-likeness (QED) is 0.750. The van der Waals surface area contributed by atoms with Crippen molar-refractivity contribution in [3.05, 3.63) is 29.5 Å². The van der Waals surface area contributed by atoms with Crippen LogP contribution >= 0.6 is 11.6 Å². The van der Waals surface area contributed by atoms with Crippen molar-refractivity contribution in [2.45, 2.75) is 6.36 Å². The van der Waals surface area contributed by atoms with Crippen molar-refractivity contribution in [2.24, 2.45) is 0 Å². The minimum absolute atomic E-state index is 0.141. The number of halogens is 4. The predicted molar refractivity (Wildman–Crippen MR) is 46.7 cm³/mol. The lowest BCUT2D eigenvalue weighted by molar-refractivity contribution is -0.274. The second-order valence-electron chi connectivity index (χ2n) is 2.71. The standard InChI is InChI=1S/C9H3ClF3O2/c10-6-3-5-1-2-14-7(5)4-8(6)15-9(11,12)13/h2-4H. The first-order valence-electron chi connectivity index (χ1n) is 3.80. The molecule has 0 aliphatic rings. The first-order valence-corrected chi connectivity index (χ1v) is 4.18. The zero-order chi connectivity index (χ0) is 11.1. The molecule has 2 aromatic rings. The van der Waals surface area contributed by atoms with Crippen molar-refractivity contribution in [3.8, 4) is 5.75 Å². The molecule has 6 heteroatoms. The van der Waals surface area contributed by atoms with Gasteiger partial charge in [-0.25, -0.2) is 0 Å². The molecule has 0 bridgehead atoms. The van der Waals surface area contributed by atoms with Gasteiger partial charge in [-0.2, -0.15) is 0 Å². The molecule has 1 aromatic heterocycles. The van der Waals surface area contributed by atoms with Crippen LogP contribution in [0.1, 0.15) is 0 Å². The van der Waals surface area contributed by atoms with Gasteiger partial charge < -0.3 is 9.15 Å². The number of ether oxygens (including phenoxy) is 1. The average Bonchev–Trinajstić information content (AvgIpc) is 2.49. The summed E-state index contributed by atoms with van der Waals surface area (Å²) in [7, 11) is 0. The van der Waals surface area contributed by atoms with Crippen LogP contribution in [-0.2, 0) is 0 Å². The van der Waals surface area contributed by atoms with Gasteiger partial charge in [0.1, 0.15) is 5.58 Å². The second kappa shape index (κ2) is 3.34. The molecule has 0 unspecified atom stereocenters. The summed E-state index contributed by atoms with van der Waals surface area (Å²) in [4.78, 5) is 0. The SMILES string of the molecule is FC(F)(F)Oc1cc2oc[c]c2cc1Cl. The van der Waals surface area contributed by atoms with Crippen LogP contribution in [0.5, 0.6) is 5.75 Å². The molecule has 1 heterocycles. The largest absolute Gasteiger partial charge is 0.573 e. The summed E-state index contributed by atoms with van der Waals surface area (Å²) in [5, 5.41) is 0.354. The van der Waals surface area contributed by atoms with Crippen LogP contribution in [0, 0.1) is 6.07 Å². The number of alkyl halides is 3. The topological polar surface area (TPSA) is 22.4 Å². The molecule has 15 heavy (non-hydrogen) atoms. The Hall–Kier alpha value is -1.36. The molecule has 1 aromatic carbocycles. The zero-order valence-corrected chi connectivity index (χ0v) is 7.82. The first-order chi connectivity index (χ1) is 6.96. The number of furan rings is 1. The van der Waals surface area contributed by atoms with Gasteiger partial charge in [-0.15, -0.1) is 13.2 Å². The third kappa shape index (κ3) is 2.18. The Balaban J connectivity index is 2.46. The van der Waals surface area contributed by atoms with E-state index in [9.17, 15) is 13.2 Å². The van der Waals surface area contributed by atoms with E-state index in [0.717, 1.165) is 6.07 Å². The van der Waals surface area contributed by atoms with Crippen LogP contribution in [0.2, 0.25) is 5.02 Å². The van der Waals surface area contributed by atoms with E-state index in [1.165, 1.54) is 12.3 Å². The van der Waals surface area contributed by atoms with Gasteiger partial charge in [0.05, 0.1) is 11.3 Å². The summed E-state index contributed by atoms with van der Waals surface area (Å²) in [5.41, 5.74) is 0.235. The Bertz CT molecular complexity index is 490. The van der Waals surface area contributed by atoms with Crippen LogP contribution in [0.4, 0.5) is 13.2 Å². The van der Waals surface area contributed by atoms with Crippen molar-refractivity contribution >= 4 is 22.6 Å². The van der Waals surface area contributed by atoms with Gasteiger partial charge in [-0.1, -0.05) is 11.6 Å². The van der Waals surface area contributed by atoms with Gasteiger partial charge in [0.15, 0.2) is 5.75 Å². The van der Waals surface area contributed by atoms with Crippen LogP contribution in [-0.4, -0.2) is 6.36 Å². The highest BCUT2D eigenvalue weighted by Gasteiger charge is 2.32. The highest BCUT2D eigenvalue weighted by Crippen LogP contribution is 2.33. The van der Waals surface area contributed by atoms with Gasteiger partial charge in [-0.3, -0.25) is 0 Å². The van der Waals surface area contributed by atoms with E-state index >= 15 is 0 Å². The number of rotatable bonds is 1. The molecule has 79 valence electrons. The molecule has 2 nitrogen and oxygen atoms in total. The normalized spacial score (nSPS) is 12.0. The van der Waals surface area contributed by atoms with E-state index in [2.05, 4.69) is 10.8 Å². The molecular weight excluding hydrogens is 233 g/mol. The van der Waals surface area contributed by atoms with Crippen molar-refractivity contribution in [3.63, 3.8) is 0 Å². The molecule has 0 amide bonds. The molecule has 0 saturated carbocycles. The Morgan fingerprint density at radius 2 is 2.07 bits per heavy atom. The summed E-state index contributed by atoms with van der Waals surface area (Å²) in [6.07, 6.45) is -3.54. The summed E-state index contributed by atoms with van der Waals surface area (Å²) in [6, 6.07) is 5.03. The van der Waals surface area contributed by atoms with Gasteiger partial charge in [-0.05, 0) is 6.07 Å². The maximum Gasteiger partial charge on any atom is 0.573 e. The Morgan fingerprint density at radius 1 is 1.33 bits per heavy atom. The number of hydrogen-bond acceptors (Lipinski definition) is 2. The molecular formula is C9H3ClF3O2. The lowest BCUT2D eigenvalue weighted by Crippen LogP contribution is -2.17. The van der Waals surface area contributed by atoms with E-state index in [1.54, 1.807) is 0 Å². The third-order valence-corrected chi connectivity index (χ3v) is 1.96. The van der Waals surface area contributed by atoms with Crippen LogP contribution in [0.3, 0.4) is 0 Å². The number of benzene rings is 1. The van der Waals surface area contributed by atoms with Crippen molar-refractivity contribution in [1.29, 1.82) is 0 Å². The van der Waals surface area contributed by atoms with E-state index in [4.69, 9.17) is 16.0 Å². The molecule has 1 radical (unpaired) electrons. The predicted octanol–water partition coefficient (Wildman–Crippen LogP) is 3.78. The first kappa shape index (κ1) is 10.2. The van der Waals surface area contributed by atoms with Crippen molar-refractivity contribution < 1.29 is 22.3 Å². The Morgan fingerprint density at radius 3 is 2.73 bits per heavy atom. The highest BCUT2D eigenvalue weighted by atomic mass is 35.5. The van der Waals surface area contributed by atoms with Crippen molar-refractivity contribution in [2.75, 3.05) is 0 Å². The minimum atomic E-state index is -4.77. The third-order valence-electron chi connectivity index (χ3n) is 1.66. The molecule has 0 fully saturated rings. The smallest absolute Gasteiger partial charge is 0.464 e. The fourth-order valence-electron chi connectivity index (χ4n) is 1.10. The lowest BCUT2D eigenvalue weighted by atomic mass is 10.2. The van der Waals surface area contributed by atoms with E-state index < -0.39 is 12.1 Å². The van der Waals surface area contributed by atoms with E-state index in [1.807, 2.05) is 0 Å². The maximum atomic E-state index is 11.9. The molecule has 0 spiro atoms. The van der Waals surface area contributed by atoms with Crippen molar-refractivity contribution in [1.82, 2.24) is 0 Å². The minimum Gasteiger partial charge on any atom is -0.464 e. The maximum absolute atomic E-state index is 11.9.